The summed E-state index contributed by atoms with van der Waals surface area (Å²) in [4.78, 5) is 29.3. The van der Waals surface area contributed by atoms with Crippen molar-refractivity contribution in [3.05, 3.63) is 63.9 Å². The average Bonchev–Trinajstić information content (AvgIpc) is 2.62. The number of fused-ring (bicyclic) bond motifs is 1. The fourth-order valence-electron chi connectivity index (χ4n) is 2.56. The summed E-state index contributed by atoms with van der Waals surface area (Å²) < 4.78 is 6.28. The van der Waals surface area contributed by atoms with Gasteiger partial charge in [0.1, 0.15) is 0 Å². The molecule has 3 aromatic rings. The molecule has 5 nitrogen and oxygen atoms in total. The Hall–Kier alpha value is -2.60. The molecule has 0 saturated heterocycles. The second-order valence-electron chi connectivity index (χ2n) is 5.71. The molecule has 6 heteroatoms. The molecule has 0 radical (unpaired) electrons. The van der Waals surface area contributed by atoms with E-state index < -0.39 is 0 Å². The summed E-state index contributed by atoms with van der Waals surface area (Å²) >= 11 is 1.20. The molecule has 1 aromatic heterocycles. The van der Waals surface area contributed by atoms with Gasteiger partial charge >= 0.3 is 5.97 Å². The number of ether oxygens (including phenoxy) is 1. The molecule has 0 unspecified atom stereocenters. The molecule has 0 atom stereocenters. The highest BCUT2D eigenvalue weighted by molar-refractivity contribution is 7.99. The van der Waals surface area contributed by atoms with Crippen LogP contribution in [-0.2, 0) is 9.53 Å². The molecule has 25 heavy (non-hydrogen) atoms. The van der Waals surface area contributed by atoms with Crippen molar-refractivity contribution in [2.45, 2.75) is 19.0 Å². The first kappa shape index (κ1) is 17.2. The number of carbonyl (C=O) groups is 1. The van der Waals surface area contributed by atoms with Crippen LogP contribution in [0.4, 0.5) is 0 Å². The first-order valence-corrected chi connectivity index (χ1v) is 8.79. The fraction of sp³-hybridized carbons (Fsp3) is 0.211. The lowest BCUT2D eigenvalue weighted by atomic mass is 10.1. The zero-order chi connectivity index (χ0) is 18.0. The largest absolute Gasteiger partial charge is 0.468 e. The molecule has 1 heterocycles. The highest BCUT2D eigenvalue weighted by Gasteiger charge is 2.16. The lowest BCUT2D eigenvalue weighted by molar-refractivity contribution is -0.137. The van der Waals surface area contributed by atoms with Gasteiger partial charge in [0.2, 0.25) is 0 Å². The summed E-state index contributed by atoms with van der Waals surface area (Å²) in [5, 5.41) is 1.02. The van der Waals surface area contributed by atoms with Crippen LogP contribution in [0, 0.1) is 13.8 Å². The lowest BCUT2D eigenvalue weighted by Gasteiger charge is -2.15. The van der Waals surface area contributed by atoms with Crippen LogP contribution in [-0.4, -0.2) is 28.4 Å². The number of rotatable bonds is 4. The van der Waals surface area contributed by atoms with Crippen LogP contribution in [0.5, 0.6) is 0 Å². The topological polar surface area (TPSA) is 61.2 Å². The Morgan fingerprint density at radius 1 is 1.20 bits per heavy atom. The minimum absolute atomic E-state index is 0.0894. The van der Waals surface area contributed by atoms with Crippen molar-refractivity contribution in [1.82, 2.24) is 9.55 Å². The Morgan fingerprint density at radius 2 is 1.96 bits per heavy atom. The second kappa shape index (κ2) is 7.11. The minimum Gasteiger partial charge on any atom is -0.468 e. The van der Waals surface area contributed by atoms with Gasteiger partial charge in [-0.05, 0) is 43.2 Å². The van der Waals surface area contributed by atoms with Crippen molar-refractivity contribution in [3.63, 3.8) is 0 Å². The summed E-state index contributed by atoms with van der Waals surface area (Å²) in [7, 11) is 1.34. The van der Waals surface area contributed by atoms with Crippen molar-refractivity contribution < 1.29 is 9.53 Å². The Labute approximate surface area is 149 Å². The molecule has 0 N–H and O–H groups in total. The zero-order valence-electron chi connectivity index (χ0n) is 14.3. The van der Waals surface area contributed by atoms with E-state index in [9.17, 15) is 9.59 Å². The second-order valence-corrected chi connectivity index (χ2v) is 6.65. The average molecular weight is 354 g/mol. The SMILES string of the molecule is COC(=O)CSc1nc2ccccc2c(=O)n1-c1cc(C)ccc1C. The number of carbonyl (C=O) groups excluding carboxylic acids is 1. The number of esters is 1. The lowest BCUT2D eigenvalue weighted by Crippen LogP contribution is -2.23. The Balaban J connectivity index is 2.26. The van der Waals surface area contributed by atoms with E-state index in [0.29, 0.717) is 16.1 Å². The molecule has 0 aliphatic heterocycles. The summed E-state index contributed by atoms with van der Waals surface area (Å²) in [5.41, 5.74) is 3.25. The number of para-hydroxylation sites is 1. The van der Waals surface area contributed by atoms with E-state index in [1.54, 1.807) is 16.7 Å². The number of aryl methyl sites for hydroxylation is 2. The summed E-state index contributed by atoms with van der Waals surface area (Å²) in [6.45, 7) is 3.93. The van der Waals surface area contributed by atoms with Gasteiger partial charge in [-0.15, -0.1) is 0 Å². The Morgan fingerprint density at radius 3 is 2.72 bits per heavy atom. The predicted molar refractivity (Wildman–Crippen MR) is 99.6 cm³/mol. The smallest absolute Gasteiger partial charge is 0.316 e. The quantitative estimate of drug-likeness (QED) is 0.409. The maximum atomic E-state index is 13.1. The normalized spacial score (nSPS) is 10.8. The molecule has 2 aromatic carbocycles. The summed E-state index contributed by atoms with van der Waals surface area (Å²) in [6, 6.07) is 13.1. The van der Waals surface area contributed by atoms with Gasteiger partial charge in [-0.1, -0.05) is 36.0 Å². The molecular formula is C19H18N2O3S. The molecule has 0 aliphatic rings. The molecule has 0 aliphatic carbocycles. The number of benzene rings is 2. The zero-order valence-corrected chi connectivity index (χ0v) is 15.1. The minimum atomic E-state index is -0.361. The van der Waals surface area contributed by atoms with Gasteiger partial charge in [-0.2, -0.15) is 0 Å². The van der Waals surface area contributed by atoms with Crippen molar-refractivity contribution in [2.75, 3.05) is 12.9 Å². The van der Waals surface area contributed by atoms with Crippen molar-refractivity contribution in [3.8, 4) is 5.69 Å². The molecule has 0 saturated carbocycles. The van der Waals surface area contributed by atoms with Crippen LogP contribution in [0.1, 0.15) is 11.1 Å². The van der Waals surface area contributed by atoms with Crippen LogP contribution in [0.3, 0.4) is 0 Å². The van der Waals surface area contributed by atoms with E-state index in [1.165, 1.54) is 18.9 Å². The van der Waals surface area contributed by atoms with E-state index in [-0.39, 0.29) is 17.3 Å². The number of methoxy groups -OCH3 is 1. The maximum Gasteiger partial charge on any atom is 0.316 e. The van der Waals surface area contributed by atoms with E-state index in [0.717, 1.165) is 16.8 Å². The molecular weight excluding hydrogens is 336 g/mol. The first-order valence-electron chi connectivity index (χ1n) is 7.80. The summed E-state index contributed by atoms with van der Waals surface area (Å²) in [5.74, 6) is -0.272. The number of thioether (sulfide) groups is 1. The highest BCUT2D eigenvalue weighted by atomic mass is 32.2. The monoisotopic (exact) mass is 354 g/mol. The van der Waals surface area contributed by atoms with E-state index >= 15 is 0 Å². The van der Waals surface area contributed by atoms with Crippen molar-refractivity contribution in [2.24, 2.45) is 0 Å². The number of nitrogens with zero attached hydrogens (tertiary/aromatic N) is 2. The van der Waals surface area contributed by atoms with Gasteiger partial charge in [0.25, 0.3) is 5.56 Å². The van der Waals surface area contributed by atoms with Gasteiger partial charge in [-0.3, -0.25) is 14.2 Å². The first-order chi connectivity index (χ1) is 12.0. The van der Waals surface area contributed by atoms with Crippen LogP contribution >= 0.6 is 11.8 Å². The third kappa shape index (κ3) is 3.44. The van der Waals surface area contributed by atoms with E-state index in [4.69, 9.17) is 4.74 Å². The summed E-state index contributed by atoms with van der Waals surface area (Å²) in [6.07, 6.45) is 0. The van der Waals surface area contributed by atoms with Crippen molar-refractivity contribution >= 4 is 28.6 Å². The molecule has 0 bridgehead atoms. The number of aromatic nitrogens is 2. The van der Waals surface area contributed by atoms with Crippen molar-refractivity contribution in [1.29, 1.82) is 0 Å². The van der Waals surface area contributed by atoms with E-state index in [1.807, 2.05) is 44.2 Å². The van der Waals surface area contributed by atoms with Gasteiger partial charge in [-0.25, -0.2) is 4.98 Å². The van der Waals surface area contributed by atoms with Gasteiger partial charge in [0.05, 0.1) is 29.5 Å². The van der Waals surface area contributed by atoms with Gasteiger partial charge < -0.3 is 4.74 Å². The maximum absolute atomic E-state index is 13.1. The van der Waals surface area contributed by atoms with Crippen LogP contribution in [0.2, 0.25) is 0 Å². The standard InChI is InChI=1S/C19H18N2O3S/c1-12-8-9-13(2)16(10-12)21-18(23)14-6-4-5-7-15(14)20-19(21)25-11-17(22)24-3/h4-10H,11H2,1-3H3. The van der Waals surface area contributed by atoms with Crippen LogP contribution in [0.15, 0.2) is 52.4 Å². The third-order valence-electron chi connectivity index (χ3n) is 3.90. The van der Waals surface area contributed by atoms with Crippen LogP contribution in [0.25, 0.3) is 16.6 Å². The molecule has 3 rings (SSSR count). The van der Waals surface area contributed by atoms with E-state index in [2.05, 4.69) is 4.98 Å². The molecule has 128 valence electrons. The third-order valence-corrected chi connectivity index (χ3v) is 4.81. The number of hydrogen-bond acceptors (Lipinski definition) is 5. The number of hydrogen-bond donors (Lipinski definition) is 0. The molecule has 0 amide bonds. The predicted octanol–water partition coefficient (Wildman–Crippen LogP) is 3.27. The molecule has 0 spiro atoms. The molecule has 0 fully saturated rings. The van der Waals surface area contributed by atoms with Gasteiger partial charge in [0, 0.05) is 0 Å². The highest BCUT2D eigenvalue weighted by Crippen LogP contribution is 2.24. The van der Waals surface area contributed by atoms with Crippen LogP contribution < -0.4 is 5.56 Å². The Bertz CT molecular complexity index is 1010. The van der Waals surface area contributed by atoms with Gasteiger partial charge in [0.15, 0.2) is 5.16 Å². The Kier molecular flexibility index (Phi) is 4.90. The fourth-order valence-corrected chi connectivity index (χ4v) is 3.40.